The number of hydrogen-bond donors (Lipinski definition) is 1. The van der Waals surface area contributed by atoms with Gasteiger partial charge in [0.15, 0.2) is 5.78 Å². The molecule has 1 saturated heterocycles. The lowest BCUT2D eigenvalue weighted by molar-refractivity contribution is -0.160. The van der Waals surface area contributed by atoms with Gasteiger partial charge in [-0.15, -0.1) is 10.2 Å². The van der Waals surface area contributed by atoms with Crippen molar-refractivity contribution in [2.75, 3.05) is 13.2 Å². The first-order chi connectivity index (χ1) is 25.9. The zero-order valence-corrected chi connectivity index (χ0v) is 33.9. The first-order valence-corrected chi connectivity index (χ1v) is 21.2. The molecule has 14 heteroatoms. The minimum absolute atomic E-state index is 0.0286. The molecule has 0 radical (unpaired) electrons. The maximum Gasteiger partial charge on any atom is 0.307 e. The molecule has 2 aliphatic carbocycles. The molecular weight excluding hydrogens is 725 g/mol. The van der Waals surface area contributed by atoms with E-state index in [1.807, 2.05) is 50.3 Å². The summed E-state index contributed by atoms with van der Waals surface area (Å²) in [5.74, 6) is -2.46. The van der Waals surface area contributed by atoms with Crippen LogP contribution >= 0.6 is 0 Å². The second kappa shape index (κ2) is 15.5. The highest BCUT2D eigenvalue weighted by Gasteiger charge is 2.62. The number of carbonyl (C=O) groups is 4. The van der Waals surface area contributed by atoms with Crippen molar-refractivity contribution in [1.82, 2.24) is 19.8 Å². The second-order valence-corrected chi connectivity index (χ2v) is 19.7. The molecule has 2 aliphatic heterocycles. The fraction of sp³-hybridized carbons (Fsp3) is 0.659. The average molecular weight is 781 g/mol. The third-order valence-corrected chi connectivity index (χ3v) is 13.9. The number of fused-ring (bicyclic) bond motifs is 3. The molecule has 1 aromatic carbocycles. The molecule has 2 amide bonds. The minimum Gasteiger partial charge on any atom is -0.476 e. The van der Waals surface area contributed by atoms with Gasteiger partial charge < -0.3 is 19.1 Å². The molecule has 2 saturated carbocycles. The number of hydrogen-bond acceptors (Lipinski definition) is 11. The molecule has 55 heavy (non-hydrogen) atoms. The predicted molar refractivity (Wildman–Crippen MR) is 205 cm³/mol. The maximum absolute atomic E-state index is 14.9. The molecule has 3 heterocycles. The highest BCUT2D eigenvalue weighted by Crippen LogP contribution is 2.57. The number of amides is 2. The van der Waals surface area contributed by atoms with Crippen LogP contribution in [0.15, 0.2) is 36.4 Å². The Kier molecular flexibility index (Phi) is 11.4. The van der Waals surface area contributed by atoms with Crippen LogP contribution in [0.4, 0.5) is 0 Å². The van der Waals surface area contributed by atoms with Gasteiger partial charge in [-0.05, 0) is 103 Å². The number of sulfonamides is 1. The highest BCUT2D eigenvalue weighted by molar-refractivity contribution is 7.91. The first-order valence-electron chi connectivity index (χ1n) is 19.7. The van der Waals surface area contributed by atoms with Crippen molar-refractivity contribution < 1.29 is 41.8 Å². The van der Waals surface area contributed by atoms with Gasteiger partial charge >= 0.3 is 5.97 Å². The number of rotatable bonds is 9. The van der Waals surface area contributed by atoms with E-state index in [4.69, 9.17) is 14.2 Å². The van der Waals surface area contributed by atoms with Crippen LogP contribution in [0.3, 0.4) is 0 Å². The van der Waals surface area contributed by atoms with Gasteiger partial charge in [0.1, 0.15) is 11.7 Å². The third-order valence-electron chi connectivity index (χ3n) is 11.8. The average Bonchev–Trinajstić information content (AvgIpc) is 3.99. The molecule has 7 atom stereocenters. The monoisotopic (exact) mass is 780 g/mol. The number of aromatic nitrogens is 2. The number of esters is 1. The summed E-state index contributed by atoms with van der Waals surface area (Å²) in [5, 5.41) is 9.93. The Morgan fingerprint density at radius 1 is 1.04 bits per heavy atom. The smallest absolute Gasteiger partial charge is 0.307 e. The van der Waals surface area contributed by atoms with E-state index in [0.29, 0.717) is 55.4 Å². The second-order valence-electron chi connectivity index (χ2n) is 17.5. The molecular formula is C41H56N4O9S. The number of nitrogens with one attached hydrogen (secondary N) is 1. The predicted octanol–water partition coefficient (Wildman–Crippen LogP) is 5.70. The van der Waals surface area contributed by atoms with Gasteiger partial charge in [0, 0.05) is 12.8 Å². The molecule has 4 aliphatic rings. The Hall–Kier alpha value is -4.07. The summed E-state index contributed by atoms with van der Waals surface area (Å²) in [6.45, 7) is 13.3. The zero-order valence-electron chi connectivity index (χ0n) is 33.1. The van der Waals surface area contributed by atoms with E-state index in [1.165, 1.54) is 4.90 Å². The van der Waals surface area contributed by atoms with Crippen LogP contribution in [0.5, 0.6) is 11.8 Å². The molecule has 0 bridgehead atoms. The molecule has 1 aromatic heterocycles. The number of ketones is 1. The molecule has 13 nitrogen and oxygen atoms in total. The van der Waals surface area contributed by atoms with E-state index in [1.54, 1.807) is 27.7 Å². The summed E-state index contributed by atoms with van der Waals surface area (Å²) >= 11 is 0. The summed E-state index contributed by atoms with van der Waals surface area (Å²) in [4.78, 5) is 58.3. The standard InChI is InChI=1S/C41H56N4O9S/c1-8-52-35-29-15-11-12-16-30(29)36(43-42-35)53-28-20-32-33(46)23-41(38(49)44-55(50,51)40(7)17-18-40)22-27(41)14-10-9-13-25(2)19-26(3)31(37(48)45(32)24-28)21-34(47)54-39(4,5)6/h10-12,14-16,25-28,31-32H,8-9,13,17-24H2,1-7H3,(H,44,49)/b14-10-/t25-,26-,27-,28-,31+,32+,41-/m1/s1. The number of Topliss-reactive ketones (excluding diaryl/α,β-unsaturated/α-hetero) is 1. The molecule has 0 unspecified atom stereocenters. The van der Waals surface area contributed by atoms with Gasteiger partial charge in [0.05, 0.1) is 52.5 Å². The van der Waals surface area contributed by atoms with E-state index in [2.05, 4.69) is 21.8 Å². The Morgan fingerprint density at radius 2 is 1.71 bits per heavy atom. The van der Waals surface area contributed by atoms with E-state index in [0.717, 1.165) is 6.42 Å². The number of allylic oxidation sites excluding steroid dienone is 2. The lowest BCUT2D eigenvalue weighted by atomic mass is 9.82. The van der Waals surface area contributed by atoms with Crippen molar-refractivity contribution in [3.05, 3.63) is 36.4 Å². The van der Waals surface area contributed by atoms with Crippen LogP contribution in [-0.2, 0) is 33.9 Å². The van der Waals surface area contributed by atoms with E-state index < -0.39 is 55.7 Å². The van der Waals surface area contributed by atoms with Crippen LogP contribution in [0, 0.1) is 29.1 Å². The van der Waals surface area contributed by atoms with Crippen LogP contribution < -0.4 is 14.2 Å². The zero-order chi connectivity index (χ0) is 39.9. The molecule has 0 spiro atoms. The summed E-state index contributed by atoms with van der Waals surface area (Å²) < 4.78 is 45.6. The van der Waals surface area contributed by atoms with Crippen molar-refractivity contribution in [1.29, 1.82) is 0 Å². The van der Waals surface area contributed by atoms with Crippen molar-refractivity contribution in [3.63, 3.8) is 0 Å². The third kappa shape index (κ3) is 8.84. The largest absolute Gasteiger partial charge is 0.476 e. The van der Waals surface area contributed by atoms with Gasteiger partial charge in [0.25, 0.3) is 0 Å². The Morgan fingerprint density at radius 3 is 2.36 bits per heavy atom. The van der Waals surface area contributed by atoms with Crippen LogP contribution in [0.2, 0.25) is 0 Å². The maximum atomic E-state index is 14.9. The summed E-state index contributed by atoms with van der Waals surface area (Å²) in [5.41, 5.74) is -2.03. The fourth-order valence-electron chi connectivity index (χ4n) is 8.19. The number of nitrogens with zero attached hydrogens (tertiary/aromatic N) is 3. The van der Waals surface area contributed by atoms with E-state index >= 15 is 0 Å². The lowest BCUT2D eigenvalue weighted by Crippen LogP contribution is -2.48. The molecule has 3 fully saturated rings. The van der Waals surface area contributed by atoms with Gasteiger partial charge in [-0.2, -0.15) is 0 Å². The summed E-state index contributed by atoms with van der Waals surface area (Å²) in [7, 11) is -3.95. The molecule has 1 N–H and O–H groups in total. The van der Waals surface area contributed by atoms with E-state index in [-0.39, 0.29) is 61.1 Å². The topological polar surface area (TPSA) is 171 Å². The van der Waals surface area contributed by atoms with Crippen LogP contribution in [0.25, 0.3) is 10.8 Å². The van der Waals surface area contributed by atoms with Crippen molar-refractivity contribution in [2.45, 2.75) is 129 Å². The van der Waals surface area contributed by atoms with Gasteiger partial charge in [-0.25, -0.2) is 8.42 Å². The summed E-state index contributed by atoms with van der Waals surface area (Å²) in [6.07, 6.45) is 6.39. The fourth-order valence-corrected chi connectivity index (χ4v) is 9.52. The number of benzene rings is 1. The molecule has 300 valence electrons. The highest BCUT2D eigenvalue weighted by atomic mass is 32.2. The quantitative estimate of drug-likeness (QED) is 0.245. The van der Waals surface area contributed by atoms with Gasteiger partial charge in [0.2, 0.25) is 33.6 Å². The van der Waals surface area contributed by atoms with Gasteiger partial charge in [-0.1, -0.05) is 38.1 Å². The van der Waals surface area contributed by atoms with Crippen molar-refractivity contribution in [2.24, 2.45) is 29.1 Å². The van der Waals surface area contributed by atoms with Crippen molar-refractivity contribution in [3.8, 4) is 11.8 Å². The van der Waals surface area contributed by atoms with Crippen molar-refractivity contribution >= 4 is 44.4 Å². The number of ether oxygens (including phenoxy) is 3. The van der Waals surface area contributed by atoms with E-state index in [9.17, 15) is 27.6 Å². The minimum atomic E-state index is -3.95. The van der Waals surface area contributed by atoms with Crippen LogP contribution in [-0.4, -0.2) is 82.7 Å². The SMILES string of the molecule is CCOc1nnc(O[C@@H]2C[C@H]3C(=O)C[C@]4(C(=O)NS(=O)(=O)C5(C)CC5)C[C@H]4/C=C\CC[C@@H](C)C[C@@H](C)[C@H](CC(=O)OC(C)(C)C)C(=O)N3C2)c2ccccc12. The summed E-state index contributed by atoms with van der Waals surface area (Å²) in [6, 6.07) is 6.39. The molecule has 2 aromatic rings. The number of carbonyl (C=O) groups excluding carboxylic acids is 4. The molecule has 6 rings (SSSR count). The first kappa shape index (κ1) is 40.6. The Bertz CT molecular complexity index is 1960. The van der Waals surface area contributed by atoms with Crippen LogP contribution in [0.1, 0.15) is 106 Å². The Labute approximate surface area is 324 Å². The Balaban J connectivity index is 1.35. The lowest BCUT2D eigenvalue weighted by Gasteiger charge is -2.32. The normalized spacial score (nSPS) is 30.3. The van der Waals surface area contributed by atoms with Gasteiger partial charge in [-0.3, -0.25) is 23.9 Å².